The second-order valence-electron chi connectivity index (χ2n) is 10.6. The van der Waals surface area contributed by atoms with E-state index in [1.807, 2.05) is 0 Å². The molecule has 4 bridgehead atoms. The van der Waals surface area contributed by atoms with Crippen molar-refractivity contribution >= 4 is 26.2 Å². The van der Waals surface area contributed by atoms with E-state index in [9.17, 15) is 48.0 Å². The number of halogens is 6. The fourth-order valence-corrected chi connectivity index (χ4v) is 7.29. The third-order valence-corrected chi connectivity index (χ3v) is 9.72. The highest BCUT2D eigenvalue weighted by molar-refractivity contribution is 7.88. The number of carbonyl (C=O) groups excluding carboxylic acids is 1. The molecule has 4 rings (SSSR count). The van der Waals surface area contributed by atoms with Crippen molar-refractivity contribution in [3.63, 3.8) is 0 Å². The van der Waals surface area contributed by atoms with Gasteiger partial charge in [-0.15, -0.1) is 0 Å². The molecular formula is C19H26F6O8S2. The molecular weight excluding hydrogens is 534 g/mol. The maximum absolute atomic E-state index is 14.4. The molecule has 0 radical (unpaired) electrons. The van der Waals surface area contributed by atoms with Crippen LogP contribution in [0, 0.1) is 17.3 Å². The molecule has 4 aliphatic carbocycles. The molecule has 0 aromatic heterocycles. The molecule has 0 amide bonds. The Hall–Kier alpha value is -1.13. The Labute approximate surface area is 198 Å². The highest BCUT2D eigenvalue weighted by Gasteiger charge is 2.83. The molecule has 0 heterocycles. The minimum Gasteiger partial charge on any atom is -0.459 e. The molecule has 4 saturated carbocycles. The van der Waals surface area contributed by atoms with Gasteiger partial charge in [-0.1, -0.05) is 6.92 Å². The second-order valence-corrected chi connectivity index (χ2v) is 13.6. The lowest BCUT2D eigenvalue weighted by molar-refractivity contribution is -0.252. The van der Waals surface area contributed by atoms with Crippen LogP contribution in [0.3, 0.4) is 0 Å². The van der Waals surface area contributed by atoms with Crippen molar-refractivity contribution in [2.24, 2.45) is 17.3 Å². The predicted molar refractivity (Wildman–Crippen MR) is 107 cm³/mol. The van der Waals surface area contributed by atoms with Gasteiger partial charge in [0.2, 0.25) is 0 Å². The van der Waals surface area contributed by atoms with Gasteiger partial charge in [0.25, 0.3) is 0 Å². The average Bonchev–Trinajstić information content (AvgIpc) is 2.64. The monoisotopic (exact) mass is 560 g/mol. The minimum absolute atomic E-state index is 0.199. The van der Waals surface area contributed by atoms with Gasteiger partial charge >= 0.3 is 42.6 Å². The molecule has 0 aliphatic heterocycles. The summed E-state index contributed by atoms with van der Waals surface area (Å²) in [5, 5.41) is -13.6. The molecule has 8 nitrogen and oxygen atoms in total. The van der Waals surface area contributed by atoms with Crippen molar-refractivity contribution in [2.75, 3.05) is 0 Å². The van der Waals surface area contributed by atoms with Crippen LogP contribution in [0.4, 0.5) is 26.3 Å². The lowest BCUT2D eigenvalue weighted by atomic mass is 9.52. The maximum atomic E-state index is 14.4. The van der Waals surface area contributed by atoms with Gasteiger partial charge in [0, 0.05) is 6.42 Å². The van der Waals surface area contributed by atoms with E-state index in [0.717, 1.165) is 0 Å². The largest absolute Gasteiger partial charge is 0.459 e. The smallest absolute Gasteiger partial charge is 0.439 e. The summed E-state index contributed by atoms with van der Waals surface area (Å²) in [4.78, 5) is 12.7. The number of alkyl halides is 6. The van der Waals surface area contributed by atoms with Crippen LogP contribution in [-0.4, -0.2) is 55.0 Å². The summed E-state index contributed by atoms with van der Waals surface area (Å²) in [6.45, 7) is 4.93. The first-order valence-electron chi connectivity index (χ1n) is 10.8. The van der Waals surface area contributed by atoms with Crippen molar-refractivity contribution < 1.29 is 61.4 Å². The number of hydrogen-bond acceptors (Lipinski definition) is 7. The summed E-state index contributed by atoms with van der Waals surface area (Å²) >= 11 is 0. The highest BCUT2D eigenvalue weighted by atomic mass is 32.2. The van der Waals surface area contributed by atoms with Crippen molar-refractivity contribution in [2.45, 2.75) is 93.4 Å². The van der Waals surface area contributed by atoms with Crippen molar-refractivity contribution in [3.05, 3.63) is 0 Å². The minimum atomic E-state index is -7.14. The molecule has 4 aliphatic rings. The topological polar surface area (TPSA) is 124 Å². The summed E-state index contributed by atoms with van der Waals surface area (Å²) < 4.78 is 148. The van der Waals surface area contributed by atoms with Crippen LogP contribution in [0.2, 0.25) is 0 Å². The average molecular weight is 561 g/mol. The third kappa shape index (κ3) is 4.35. The van der Waals surface area contributed by atoms with E-state index < -0.39 is 65.7 Å². The standard InChI is InChI=1S/C19H26F6O8S2/c1-4-14(2,3)13(26)32-15-6-11-5-12(7-15)9-16(8-11,10-15)33-35(30,31)19(24,25)17(20,21)18(22,23)34(27,28)29/h11-12H,4-10H2,1-3H3,(H,27,28,29). The lowest BCUT2D eigenvalue weighted by Gasteiger charge is -2.60. The van der Waals surface area contributed by atoms with E-state index in [-0.39, 0.29) is 37.5 Å². The zero-order valence-corrected chi connectivity index (χ0v) is 20.6. The Kier molecular flexibility index (Phi) is 6.45. The van der Waals surface area contributed by atoms with Gasteiger partial charge in [-0.05, 0) is 64.2 Å². The number of carbonyl (C=O) groups is 1. The van der Waals surface area contributed by atoms with Crippen LogP contribution in [0.1, 0.15) is 65.7 Å². The van der Waals surface area contributed by atoms with Crippen LogP contribution >= 0.6 is 0 Å². The van der Waals surface area contributed by atoms with Gasteiger partial charge < -0.3 is 4.74 Å². The summed E-state index contributed by atoms with van der Waals surface area (Å²) in [6, 6.07) is 0. The first-order valence-corrected chi connectivity index (χ1v) is 13.6. The Balaban J connectivity index is 1.95. The van der Waals surface area contributed by atoms with Crippen molar-refractivity contribution in [1.82, 2.24) is 0 Å². The Bertz CT molecular complexity index is 1090. The number of ether oxygens (including phenoxy) is 1. The van der Waals surface area contributed by atoms with Gasteiger partial charge in [0.1, 0.15) is 5.60 Å². The molecule has 2 atom stereocenters. The first kappa shape index (κ1) is 28.4. The molecule has 1 N–H and O–H groups in total. The van der Waals surface area contributed by atoms with Crippen LogP contribution in [0.15, 0.2) is 0 Å². The van der Waals surface area contributed by atoms with E-state index in [1.54, 1.807) is 20.8 Å². The van der Waals surface area contributed by atoms with Crippen molar-refractivity contribution in [1.29, 1.82) is 0 Å². The molecule has 4 fully saturated rings. The van der Waals surface area contributed by atoms with Crippen LogP contribution in [0.5, 0.6) is 0 Å². The zero-order valence-electron chi connectivity index (χ0n) is 19.0. The fourth-order valence-electron chi connectivity index (χ4n) is 5.57. The predicted octanol–water partition coefficient (Wildman–Crippen LogP) is 4.11. The van der Waals surface area contributed by atoms with E-state index in [4.69, 9.17) is 9.29 Å². The van der Waals surface area contributed by atoms with E-state index >= 15 is 0 Å². The quantitative estimate of drug-likeness (QED) is 0.193. The molecule has 16 heteroatoms. The molecule has 2 unspecified atom stereocenters. The first-order chi connectivity index (χ1) is 15.5. The highest BCUT2D eigenvalue weighted by Crippen LogP contribution is 2.62. The van der Waals surface area contributed by atoms with Gasteiger partial charge in [-0.25, -0.2) is 0 Å². The van der Waals surface area contributed by atoms with Gasteiger partial charge in [0.15, 0.2) is 0 Å². The third-order valence-electron chi connectivity index (χ3n) is 7.35. The Morgan fingerprint density at radius 1 is 0.914 bits per heavy atom. The van der Waals surface area contributed by atoms with E-state index in [0.29, 0.717) is 12.8 Å². The van der Waals surface area contributed by atoms with Crippen LogP contribution in [-0.2, 0) is 34.0 Å². The van der Waals surface area contributed by atoms with Crippen LogP contribution in [0.25, 0.3) is 0 Å². The summed E-state index contributed by atoms with van der Waals surface area (Å²) in [7, 11) is -14.0. The SMILES string of the molecule is CCC(C)(C)C(=O)OC12CC3CC(C1)CC(OS(=O)(=O)C(F)(F)C(F)(F)C(F)(F)S(=O)(=O)O)(C3)C2. The van der Waals surface area contributed by atoms with E-state index in [1.165, 1.54) is 0 Å². The number of esters is 1. The molecule has 35 heavy (non-hydrogen) atoms. The Morgan fingerprint density at radius 2 is 1.37 bits per heavy atom. The summed E-state index contributed by atoms with van der Waals surface area (Å²) in [5.41, 5.74) is -4.30. The fraction of sp³-hybridized carbons (Fsp3) is 0.947. The zero-order chi connectivity index (χ0) is 27.1. The molecule has 204 valence electrons. The molecule has 0 saturated heterocycles. The van der Waals surface area contributed by atoms with Gasteiger partial charge in [-0.3, -0.25) is 13.5 Å². The molecule has 0 aromatic rings. The lowest BCUT2D eigenvalue weighted by Crippen LogP contribution is -2.65. The molecule has 0 spiro atoms. The normalized spacial score (nSPS) is 32.1. The maximum Gasteiger partial charge on any atom is 0.439 e. The van der Waals surface area contributed by atoms with Crippen LogP contribution < -0.4 is 0 Å². The number of rotatable bonds is 9. The Morgan fingerprint density at radius 3 is 1.80 bits per heavy atom. The van der Waals surface area contributed by atoms with Gasteiger partial charge in [-0.2, -0.15) is 43.2 Å². The summed E-state index contributed by atoms with van der Waals surface area (Å²) in [5.74, 6) is -8.47. The van der Waals surface area contributed by atoms with Crippen molar-refractivity contribution in [3.8, 4) is 0 Å². The van der Waals surface area contributed by atoms with E-state index in [2.05, 4.69) is 4.18 Å². The summed E-state index contributed by atoms with van der Waals surface area (Å²) in [6.07, 6.45) is 0.559. The number of hydrogen-bond donors (Lipinski definition) is 1. The second kappa shape index (κ2) is 7.93. The van der Waals surface area contributed by atoms with Gasteiger partial charge in [0.05, 0.1) is 11.0 Å². The molecule has 0 aromatic carbocycles.